The Bertz CT molecular complexity index is 338. The molecule has 0 amide bonds. The molecule has 76 valence electrons. The summed E-state index contributed by atoms with van der Waals surface area (Å²) in [6.07, 6.45) is 1.15. The van der Waals surface area contributed by atoms with Crippen molar-refractivity contribution in [3.8, 4) is 5.75 Å². The number of nitrogen functional groups attached to an aromatic ring is 2. The van der Waals surface area contributed by atoms with Gasteiger partial charge in [0, 0.05) is 30.1 Å². The number of hydrogen-bond donors (Lipinski definition) is 4. The largest absolute Gasteiger partial charge is 0.490 e. The summed E-state index contributed by atoms with van der Waals surface area (Å²) in [5.74, 6) is 0.513. The van der Waals surface area contributed by atoms with E-state index in [-0.39, 0.29) is 0 Å². The van der Waals surface area contributed by atoms with Crippen LogP contribution in [0.4, 0.5) is 11.4 Å². The van der Waals surface area contributed by atoms with Gasteiger partial charge in [-0.1, -0.05) is 0 Å². The Kier molecular flexibility index (Phi) is 3.30. The van der Waals surface area contributed by atoms with Crippen LogP contribution in [0, 0.1) is 5.41 Å². The minimum absolute atomic E-state index is 0.396. The van der Waals surface area contributed by atoms with Crippen LogP contribution in [0.1, 0.15) is 5.56 Å². The first kappa shape index (κ1) is 10.3. The third-order valence-electron chi connectivity index (χ3n) is 1.75. The zero-order valence-corrected chi connectivity index (χ0v) is 7.79. The van der Waals surface area contributed by atoms with Crippen molar-refractivity contribution in [1.82, 2.24) is 0 Å². The SMILES string of the molecule is N=Cc1cc(N)c(OCCN)cc1N. The Balaban J connectivity index is 2.96. The zero-order chi connectivity index (χ0) is 10.6. The fourth-order valence-electron chi connectivity index (χ4n) is 1.05. The van der Waals surface area contributed by atoms with E-state index in [9.17, 15) is 0 Å². The summed E-state index contributed by atoms with van der Waals surface area (Å²) >= 11 is 0. The third-order valence-corrected chi connectivity index (χ3v) is 1.75. The van der Waals surface area contributed by atoms with Gasteiger partial charge in [-0.05, 0) is 6.07 Å². The highest BCUT2D eigenvalue weighted by Gasteiger charge is 2.04. The van der Waals surface area contributed by atoms with Gasteiger partial charge in [0.25, 0.3) is 0 Å². The molecule has 1 aromatic rings. The van der Waals surface area contributed by atoms with Crippen LogP contribution in [0.25, 0.3) is 0 Å². The van der Waals surface area contributed by atoms with Gasteiger partial charge >= 0.3 is 0 Å². The monoisotopic (exact) mass is 194 g/mol. The maximum atomic E-state index is 7.07. The molecule has 0 saturated heterocycles. The fraction of sp³-hybridized carbons (Fsp3) is 0.222. The molecule has 0 aliphatic heterocycles. The summed E-state index contributed by atoms with van der Waals surface area (Å²) in [6.45, 7) is 0.819. The maximum absolute atomic E-state index is 7.07. The van der Waals surface area contributed by atoms with Crippen molar-refractivity contribution in [2.75, 3.05) is 24.6 Å². The van der Waals surface area contributed by atoms with Crippen molar-refractivity contribution >= 4 is 17.6 Å². The molecule has 5 heteroatoms. The molecule has 0 aliphatic rings. The summed E-state index contributed by atoms with van der Waals surface area (Å²) in [6, 6.07) is 3.21. The molecule has 14 heavy (non-hydrogen) atoms. The molecule has 0 aromatic heterocycles. The number of anilines is 2. The van der Waals surface area contributed by atoms with Gasteiger partial charge in [0.2, 0.25) is 0 Å². The van der Waals surface area contributed by atoms with Crippen molar-refractivity contribution in [3.05, 3.63) is 17.7 Å². The van der Waals surface area contributed by atoms with Crippen LogP contribution >= 0.6 is 0 Å². The smallest absolute Gasteiger partial charge is 0.144 e. The first-order valence-corrected chi connectivity index (χ1v) is 4.21. The highest BCUT2D eigenvalue weighted by atomic mass is 16.5. The van der Waals surface area contributed by atoms with Gasteiger partial charge < -0.3 is 27.3 Å². The molecule has 0 radical (unpaired) electrons. The van der Waals surface area contributed by atoms with Gasteiger partial charge in [-0.25, -0.2) is 0 Å². The zero-order valence-electron chi connectivity index (χ0n) is 7.79. The second-order valence-corrected chi connectivity index (χ2v) is 2.80. The van der Waals surface area contributed by atoms with Crippen LogP contribution in [0.2, 0.25) is 0 Å². The summed E-state index contributed by atoms with van der Waals surface area (Å²) in [4.78, 5) is 0. The number of nitrogens with one attached hydrogen (secondary N) is 1. The van der Waals surface area contributed by atoms with E-state index >= 15 is 0 Å². The normalized spacial score (nSPS) is 9.79. The van der Waals surface area contributed by atoms with Crippen molar-refractivity contribution in [2.24, 2.45) is 5.73 Å². The summed E-state index contributed by atoms with van der Waals surface area (Å²) in [5, 5.41) is 7.07. The predicted octanol–water partition coefficient (Wildman–Crippen LogP) is 0.186. The van der Waals surface area contributed by atoms with Gasteiger partial charge in [0.15, 0.2) is 0 Å². The molecule has 1 aromatic carbocycles. The second-order valence-electron chi connectivity index (χ2n) is 2.80. The molecule has 0 aliphatic carbocycles. The lowest BCUT2D eigenvalue weighted by molar-refractivity contribution is 0.330. The second kappa shape index (κ2) is 4.48. The number of hydrogen-bond acceptors (Lipinski definition) is 5. The molecular weight excluding hydrogens is 180 g/mol. The lowest BCUT2D eigenvalue weighted by Gasteiger charge is -2.10. The average molecular weight is 194 g/mol. The Labute approximate surface area is 82.3 Å². The Hall–Kier alpha value is -1.75. The van der Waals surface area contributed by atoms with Gasteiger partial charge in [0.05, 0.1) is 5.69 Å². The Morgan fingerprint density at radius 3 is 2.57 bits per heavy atom. The maximum Gasteiger partial charge on any atom is 0.144 e. The molecule has 0 atom stereocenters. The topological polar surface area (TPSA) is 111 Å². The van der Waals surface area contributed by atoms with E-state index in [1.54, 1.807) is 12.1 Å². The highest BCUT2D eigenvalue weighted by molar-refractivity contribution is 5.87. The van der Waals surface area contributed by atoms with E-state index in [1.165, 1.54) is 0 Å². The molecule has 1 rings (SSSR count). The minimum Gasteiger partial charge on any atom is -0.490 e. The molecule has 7 N–H and O–H groups in total. The summed E-state index contributed by atoms with van der Waals surface area (Å²) < 4.78 is 5.26. The molecule has 0 spiro atoms. The van der Waals surface area contributed by atoms with Crippen molar-refractivity contribution in [3.63, 3.8) is 0 Å². The molecule has 0 bridgehead atoms. The van der Waals surface area contributed by atoms with E-state index < -0.39 is 0 Å². The van der Waals surface area contributed by atoms with E-state index in [2.05, 4.69) is 0 Å². The minimum atomic E-state index is 0.396. The summed E-state index contributed by atoms with van der Waals surface area (Å²) in [7, 11) is 0. The first-order valence-electron chi connectivity index (χ1n) is 4.21. The van der Waals surface area contributed by atoms with Crippen molar-refractivity contribution in [1.29, 1.82) is 5.41 Å². The summed E-state index contributed by atoms with van der Waals surface area (Å²) in [5.41, 5.74) is 18.1. The fourth-order valence-corrected chi connectivity index (χ4v) is 1.05. The highest BCUT2D eigenvalue weighted by Crippen LogP contribution is 2.26. The lowest BCUT2D eigenvalue weighted by atomic mass is 10.1. The van der Waals surface area contributed by atoms with Crippen LogP contribution in [-0.4, -0.2) is 19.4 Å². The third kappa shape index (κ3) is 2.14. The van der Waals surface area contributed by atoms with E-state index in [1.807, 2.05) is 0 Å². The predicted molar refractivity (Wildman–Crippen MR) is 57.7 cm³/mol. The van der Waals surface area contributed by atoms with Crippen LogP contribution in [0.5, 0.6) is 5.75 Å². The molecule has 5 nitrogen and oxygen atoms in total. The number of benzene rings is 1. The van der Waals surface area contributed by atoms with Crippen molar-refractivity contribution in [2.45, 2.75) is 0 Å². The number of rotatable bonds is 4. The van der Waals surface area contributed by atoms with Crippen LogP contribution in [-0.2, 0) is 0 Å². The Morgan fingerprint density at radius 1 is 1.29 bits per heavy atom. The van der Waals surface area contributed by atoms with E-state index in [0.29, 0.717) is 35.8 Å². The van der Waals surface area contributed by atoms with Crippen LogP contribution in [0.15, 0.2) is 12.1 Å². The van der Waals surface area contributed by atoms with Gasteiger partial charge in [-0.3, -0.25) is 0 Å². The number of ether oxygens (including phenoxy) is 1. The van der Waals surface area contributed by atoms with Gasteiger partial charge in [-0.2, -0.15) is 0 Å². The standard InChI is InChI=1S/C9H14N4O/c10-1-2-14-9-4-7(12)6(5-11)3-8(9)13/h3-5,11H,1-2,10,12-13H2. The van der Waals surface area contributed by atoms with Gasteiger partial charge in [0.1, 0.15) is 12.4 Å². The van der Waals surface area contributed by atoms with E-state index in [4.69, 9.17) is 27.3 Å². The Morgan fingerprint density at radius 2 is 2.00 bits per heavy atom. The molecule has 0 heterocycles. The van der Waals surface area contributed by atoms with E-state index in [0.717, 1.165) is 6.21 Å². The van der Waals surface area contributed by atoms with Crippen LogP contribution < -0.4 is 21.9 Å². The quantitative estimate of drug-likeness (QED) is 0.405. The molecule has 0 fully saturated rings. The molecule has 0 unspecified atom stereocenters. The lowest BCUT2D eigenvalue weighted by Crippen LogP contribution is -2.12. The first-order chi connectivity index (χ1) is 6.69. The average Bonchev–Trinajstić information content (AvgIpc) is 2.18. The van der Waals surface area contributed by atoms with Crippen molar-refractivity contribution < 1.29 is 4.74 Å². The molecular formula is C9H14N4O. The van der Waals surface area contributed by atoms with Gasteiger partial charge in [-0.15, -0.1) is 0 Å². The molecule has 0 saturated carbocycles. The number of nitrogens with two attached hydrogens (primary N) is 3. The van der Waals surface area contributed by atoms with Crippen LogP contribution in [0.3, 0.4) is 0 Å².